The first kappa shape index (κ1) is 19.2. The number of carbonyl (C=O) groups is 2. The van der Waals surface area contributed by atoms with Crippen LogP contribution >= 0.6 is 0 Å². The predicted molar refractivity (Wildman–Crippen MR) is 111 cm³/mol. The number of aromatic nitrogens is 2. The van der Waals surface area contributed by atoms with Gasteiger partial charge in [-0.05, 0) is 45.2 Å². The first-order valence-corrected chi connectivity index (χ1v) is 10.1. The number of imide groups is 1. The largest absolute Gasteiger partial charge is 0.356 e. The van der Waals surface area contributed by atoms with Gasteiger partial charge >= 0.3 is 6.03 Å². The van der Waals surface area contributed by atoms with Gasteiger partial charge in [-0.1, -0.05) is 25.1 Å². The summed E-state index contributed by atoms with van der Waals surface area (Å²) in [5.41, 5.74) is 1.67. The third kappa shape index (κ3) is 3.28. The predicted octanol–water partition coefficient (Wildman–Crippen LogP) is 2.84. The molecular weight excluding hydrogens is 368 g/mol. The second-order valence-corrected chi connectivity index (χ2v) is 7.74. The van der Waals surface area contributed by atoms with Crippen LogP contribution in [0.5, 0.6) is 0 Å². The summed E-state index contributed by atoms with van der Waals surface area (Å²) in [4.78, 5) is 27.2. The number of para-hydroxylation sites is 1. The molecule has 2 aliphatic heterocycles. The second-order valence-electron chi connectivity index (χ2n) is 7.74. The maximum atomic E-state index is 12.6. The summed E-state index contributed by atoms with van der Waals surface area (Å²) in [5.74, 6) is 0.609. The van der Waals surface area contributed by atoms with E-state index >= 15 is 0 Å². The molecule has 29 heavy (non-hydrogen) atoms. The molecule has 8 heteroatoms. The van der Waals surface area contributed by atoms with E-state index in [-0.39, 0.29) is 5.91 Å². The Labute approximate surface area is 170 Å². The second kappa shape index (κ2) is 7.35. The van der Waals surface area contributed by atoms with Crippen molar-refractivity contribution in [2.24, 2.45) is 5.10 Å². The number of nitrogens with zero attached hydrogens (tertiary/aromatic N) is 5. The van der Waals surface area contributed by atoms with Crippen molar-refractivity contribution in [3.05, 3.63) is 41.6 Å². The molecule has 1 N–H and O–H groups in total. The molecule has 0 bridgehead atoms. The highest BCUT2D eigenvalue weighted by molar-refractivity contribution is 6.07. The van der Waals surface area contributed by atoms with Crippen molar-refractivity contribution >= 4 is 24.0 Å². The average molecular weight is 394 g/mol. The molecule has 0 unspecified atom stereocenters. The van der Waals surface area contributed by atoms with Crippen molar-refractivity contribution < 1.29 is 9.59 Å². The number of hydrazone groups is 1. The molecule has 1 aromatic carbocycles. The Bertz CT molecular complexity index is 961. The number of benzene rings is 1. The van der Waals surface area contributed by atoms with Gasteiger partial charge in [-0.15, -0.1) is 5.01 Å². The van der Waals surface area contributed by atoms with Crippen LogP contribution < -0.4 is 10.2 Å². The SMILES string of the molecule is CC[C@]1(C)NC(=O)N(N=Cc2c(C)nn(-c3ccccc3)c2N2CCCC2)C1=O. The number of rotatable bonds is 5. The summed E-state index contributed by atoms with van der Waals surface area (Å²) < 4.78 is 1.92. The molecule has 1 aromatic heterocycles. The lowest BCUT2D eigenvalue weighted by Gasteiger charge is -2.20. The molecule has 4 rings (SSSR count). The van der Waals surface area contributed by atoms with Gasteiger partial charge in [-0.3, -0.25) is 4.79 Å². The molecule has 1 atom stereocenters. The quantitative estimate of drug-likeness (QED) is 0.624. The van der Waals surface area contributed by atoms with Gasteiger partial charge in [0.05, 0.1) is 23.2 Å². The van der Waals surface area contributed by atoms with E-state index in [1.54, 1.807) is 13.1 Å². The Hall–Kier alpha value is -3.16. The Morgan fingerprint density at radius 3 is 2.52 bits per heavy atom. The molecule has 2 aliphatic rings. The van der Waals surface area contributed by atoms with E-state index in [0.717, 1.165) is 53.7 Å². The number of carbonyl (C=O) groups excluding carboxylic acids is 2. The average Bonchev–Trinajstić information content (AvgIpc) is 3.41. The van der Waals surface area contributed by atoms with E-state index in [1.807, 2.05) is 48.9 Å². The van der Waals surface area contributed by atoms with Gasteiger partial charge in [0.2, 0.25) is 0 Å². The van der Waals surface area contributed by atoms with Gasteiger partial charge in [0.25, 0.3) is 5.91 Å². The fraction of sp³-hybridized carbons (Fsp3) is 0.429. The van der Waals surface area contributed by atoms with E-state index in [4.69, 9.17) is 5.10 Å². The highest BCUT2D eigenvalue weighted by Gasteiger charge is 2.47. The Morgan fingerprint density at radius 1 is 1.21 bits per heavy atom. The maximum absolute atomic E-state index is 12.6. The van der Waals surface area contributed by atoms with Crippen LogP contribution in [0.2, 0.25) is 0 Å². The van der Waals surface area contributed by atoms with Gasteiger partial charge in [-0.2, -0.15) is 10.2 Å². The summed E-state index contributed by atoms with van der Waals surface area (Å²) in [6.07, 6.45) is 4.34. The van der Waals surface area contributed by atoms with Crippen molar-refractivity contribution in [1.82, 2.24) is 20.1 Å². The van der Waals surface area contributed by atoms with Crippen molar-refractivity contribution in [2.75, 3.05) is 18.0 Å². The topological polar surface area (TPSA) is 82.8 Å². The first-order chi connectivity index (χ1) is 13.9. The van der Waals surface area contributed by atoms with Crippen LogP contribution in [0.1, 0.15) is 44.4 Å². The number of nitrogens with one attached hydrogen (secondary N) is 1. The minimum Gasteiger partial charge on any atom is -0.356 e. The molecule has 0 radical (unpaired) electrons. The summed E-state index contributed by atoms with van der Waals surface area (Å²) in [6, 6.07) is 9.46. The summed E-state index contributed by atoms with van der Waals surface area (Å²) in [5, 5.41) is 12.6. The number of hydrogen-bond acceptors (Lipinski definition) is 5. The lowest BCUT2D eigenvalue weighted by molar-refractivity contribution is -0.130. The summed E-state index contributed by atoms with van der Waals surface area (Å²) >= 11 is 0. The normalized spacial score (nSPS) is 22.2. The minimum absolute atomic E-state index is 0.336. The van der Waals surface area contributed by atoms with Crippen LogP contribution in [0.25, 0.3) is 5.69 Å². The van der Waals surface area contributed by atoms with Crippen molar-refractivity contribution in [1.29, 1.82) is 0 Å². The summed E-state index contributed by atoms with van der Waals surface area (Å²) in [6.45, 7) is 7.39. The smallest absolute Gasteiger partial charge is 0.346 e. The highest BCUT2D eigenvalue weighted by Crippen LogP contribution is 2.29. The lowest BCUT2D eigenvalue weighted by atomic mass is 10.00. The van der Waals surface area contributed by atoms with Gasteiger partial charge < -0.3 is 10.2 Å². The molecule has 3 amide bonds. The third-order valence-corrected chi connectivity index (χ3v) is 5.74. The molecule has 0 aliphatic carbocycles. The van der Waals surface area contributed by atoms with Crippen LogP contribution in [0, 0.1) is 6.92 Å². The molecule has 152 valence electrons. The van der Waals surface area contributed by atoms with Crippen LogP contribution in [0.3, 0.4) is 0 Å². The Kier molecular flexibility index (Phi) is 4.86. The molecule has 0 spiro atoms. The van der Waals surface area contributed by atoms with Gasteiger partial charge in [-0.25, -0.2) is 9.48 Å². The molecule has 0 saturated carbocycles. The number of aryl methyl sites for hydroxylation is 1. The van der Waals surface area contributed by atoms with E-state index in [0.29, 0.717) is 6.42 Å². The van der Waals surface area contributed by atoms with Crippen LogP contribution in [0.4, 0.5) is 10.6 Å². The number of anilines is 1. The summed E-state index contributed by atoms with van der Waals surface area (Å²) in [7, 11) is 0. The van der Waals surface area contributed by atoms with E-state index in [9.17, 15) is 9.59 Å². The molecule has 2 aromatic rings. The zero-order valence-corrected chi connectivity index (χ0v) is 17.1. The molecule has 2 fully saturated rings. The van der Waals surface area contributed by atoms with Gasteiger partial charge in [0, 0.05) is 13.1 Å². The first-order valence-electron chi connectivity index (χ1n) is 10.1. The number of amides is 3. The van der Waals surface area contributed by atoms with Crippen LogP contribution in [-0.2, 0) is 4.79 Å². The lowest BCUT2D eigenvalue weighted by Crippen LogP contribution is -2.42. The molecule has 8 nitrogen and oxygen atoms in total. The van der Waals surface area contributed by atoms with E-state index < -0.39 is 11.6 Å². The van der Waals surface area contributed by atoms with Crippen LogP contribution in [-0.4, -0.2) is 51.6 Å². The Balaban J connectivity index is 1.74. The third-order valence-electron chi connectivity index (χ3n) is 5.74. The minimum atomic E-state index is -0.907. The molecular formula is C21H26N6O2. The fourth-order valence-corrected chi connectivity index (χ4v) is 3.79. The maximum Gasteiger partial charge on any atom is 0.346 e. The van der Waals surface area contributed by atoms with Crippen molar-refractivity contribution in [3.8, 4) is 5.69 Å². The number of urea groups is 1. The van der Waals surface area contributed by atoms with E-state index in [1.165, 1.54) is 0 Å². The van der Waals surface area contributed by atoms with Crippen molar-refractivity contribution in [3.63, 3.8) is 0 Å². The van der Waals surface area contributed by atoms with Gasteiger partial charge in [0.1, 0.15) is 11.4 Å². The number of hydrogen-bond donors (Lipinski definition) is 1. The standard InChI is InChI=1S/C21H26N6O2/c1-4-21(3)19(28)27(20(29)23-21)22-14-17-15(2)24-26(16-10-6-5-7-11-16)18(17)25-12-8-9-13-25/h5-7,10-11,14H,4,8-9,12-13H2,1-3H3,(H,23,29)/t21-/m0/s1. The Morgan fingerprint density at radius 2 is 1.90 bits per heavy atom. The highest BCUT2D eigenvalue weighted by atomic mass is 16.2. The van der Waals surface area contributed by atoms with Crippen LogP contribution in [0.15, 0.2) is 35.4 Å². The fourth-order valence-electron chi connectivity index (χ4n) is 3.79. The van der Waals surface area contributed by atoms with Crippen molar-refractivity contribution in [2.45, 2.75) is 45.6 Å². The zero-order valence-electron chi connectivity index (χ0n) is 17.1. The monoisotopic (exact) mass is 394 g/mol. The van der Waals surface area contributed by atoms with E-state index in [2.05, 4.69) is 15.3 Å². The zero-order chi connectivity index (χ0) is 20.6. The molecule has 3 heterocycles. The molecule has 2 saturated heterocycles. The van der Waals surface area contributed by atoms with Gasteiger partial charge in [0.15, 0.2) is 0 Å².